The zero-order valence-electron chi connectivity index (χ0n) is 15.7. The number of carbonyl (C=O) groups is 1. The molecule has 0 saturated carbocycles. The van der Waals surface area contributed by atoms with Gasteiger partial charge in [-0.05, 0) is 48.4 Å². The van der Waals surface area contributed by atoms with Crippen LogP contribution in [0.3, 0.4) is 0 Å². The number of halogens is 1. The maximum Gasteiger partial charge on any atom is 0.255 e. The molecule has 0 aliphatic carbocycles. The average molecular weight is 404 g/mol. The van der Waals surface area contributed by atoms with Crippen LogP contribution in [0.2, 0.25) is 5.15 Å². The monoisotopic (exact) mass is 403 g/mol. The van der Waals surface area contributed by atoms with Crippen LogP contribution in [-0.4, -0.2) is 22.5 Å². The summed E-state index contributed by atoms with van der Waals surface area (Å²) in [6.45, 7) is 2.29. The average Bonchev–Trinajstić information content (AvgIpc) is 2.75. The molecule has 0 spiro atoms. The van der Waals surface area contributed by atoms with Gasteiger partial charge < -0.3 is 10.1 Å². The van der Waals surface area contributed by atoms with Crippen LogP contribution in [-0.2, 0) is 0 Å². The van der Waals surface area contributed by atoms with Crippen molar-refractivity contribution in [3.63, 3.8) is 0 Å². The summed E-state index contributed by atoms with van der Waals surface area (Å²) in [4.78, 5) is 21.3. The van der Waals surface area contributed by atoms with Crippen molar-refractivity contribution in [2.45, 2.75) is 6.92 Å². The zero-order chi connectivity index (χ0) is 20.2. The second-order valence-corrected chi connectivity index (χ2v) is 6.71. The van der Waals surface area contributed by atoms with E-state index in [-0.39, 0.29) is 16.9 Å². The molecule has 1 N–H and O–H groups in total. The van der Waals surface area contributed by atoms with E-state index in [2.05, 4.69) is 15.3 Å². The summed E-state index contributed by atoms with van der Waals surface area (Å²) >= 11 is 6.07. The minimum Gasteiger partial charge on any atom is -0.476 e. The number of anilines is 1. The molecule has 144 valence electrons. The molecule has 29 heavy (non-hydrogen) atoms. The number of aromatic nitrogens is 2. The highest BCUT2D eigenvalue weighted by Crippen LogP contribution is 2.25. The van der Waals surface area contributed by atoms with Crippen LogP contribution in [0.25, 0.3) is 22.2 Å². The van der Waals surface area contributed by atoms with Crippen LogP contribution in [0.4, 0.5) is 5.69 Å². The molecule has 5 nitrogen and oxygen atoms in total. The molecule has 0 aliphatic rings. The number of nitrogens with zero attached hydrogens (tertiary/aromatic N) is 2. The second kappa shape index (κ2) is 8.29. The van der Waals surface area contributed by atoms with Gasteiger partial charge in [0, 0.05) is 11.3 Å². The van der Waals surface area contributed by atoms with Gasteiger partial charge in [-0.2, -0.15) is 0 Å². The molecule has 0 atom stereocenters. The Balaban J connectivity index is 1.54. The van der Waals surface area contributed by atoms with E-state index in [4.69, 9.17) is 16.3 Å². The van der Waals surface area contributed by atoms with Gasteiger partial charge in [-0.1, -0.05) is 54.1 Å². The van der Waals surface area contributed by atoms with Gasteiger partial charge in [0.2, 0.25) is 0 Å². The Morgan fingerprint density at radius 2 is 1.66 bits per heavy atom. The molecule has 0 unspecified atom stereocenters. The Labute approximate surface area is 173 Å². The van der Waals surface area contributed by atoms with Gasteiger partial charge in [0.25, 0.3) is 11.8 Å². The molecule has 0 fully saturated rings. The highest BCUT2D eigenvalue weighted by atomic mass is 35.5. The lowest BCUT2D eigenvalue weighted by atomic mass is 10.0. The highest BCUT2D eigenvalue weighted by molar-refractivity contribution is 6.31. The fraction of sp³-hybridized carbons (Fsp3) is 0.0870. The summed E-state index contributed by atoms with van der Waals surface area (Å²) in [7, 11) is 0. The topological polar surface area (TPSA) is 64.1 Å². The fourth-order valence-electron chi connectivity index (χ4n) is 2.97. The number of rotatable bonds is 5. The van der Waals surface area contributed by atoms with Crippen LogP contribution < -0.4 is 10.1 Å². The van der Waals surface area contributed by atoms with E-state index in [9.17, 15) is 4.79 Å². The van der Waals surface area contributed by atoms with Gasteiger partial charge in [-0.25, -0.2) is 9.97 Å². The summed E-state index contributed by atoms with van der Waals surface area (Å²) < 4.78 is 5.39. The van der Waals surface area contributed by atoms with Crippen LogP contribution in [0, 0.1) is 0 Å². The Bertz CT molecular complexity index is 1160. The smallest absolute Gasteiger partial charge is 0.255 e. The lowest BCUT2D eigenvalue weighted by molar-refractivity contribution is 0.102. The molecular formula is C23H18ClN3O2. The quantitative estimate of drug-likeness (QED) is 0.471. The summed E-state index contributed by atoms with van der Waals surface area (Å²) in [6, 6.07) is 22.8. The molecule has 0 radical (unpaired) electrons. The van der Waals surface area contributed by atoms with Gasteiger partial charge in [0.1, 0.15) is 0 Å². The summed E-state index contributed by atoms with van der Waals surface area (Å²) in [5, 5.41) is 3.11. The van der Waals surface area contributed by atoms with E-state index >= 15 is 0 Å². The first-order chi connectivity index (χ1) is 14.1. The van der Waals surface area contributed by atoms with Gasteiger partial charge in [0.05, 0.1) is 17.6 Å². The normalized spacial score (nSPS) is 10.7. The van der Waals surface area contributed by atoms with Crippen LogP contribution in [0.15, 0.2) is 72.8 Å². The first-order valence-electron chi connectivity index (χ1n) is 9.21. The third-order valence-electron chi connectivity index (χ3n) is 4.39. The molecule has 3 aromatic carbocycles. The molecule has 6 heteroatoms. The molecule has 4 aromatic rings. The molecule has 1 heterocycles. The van der Waals surface area contributed by atoms with E-state index in [1.807, 2.05) is 61.5 Å². The predicted octanol–water partition coefficient (Wildman–Crippen LogP) is 5.60. The largest absolute Gasteiger partial charge is 0.476 e. The molecular weight excluding hydrogens is 386 g/mol. The number of hydrogen-bond donors (Lipinski definition) is 1. The Morgan fingerprint density at radius 1 is 0.931 bits per heavy atom. The molecule has 0 aliphatic heterocycles. The van der Waals surface area contributed by atoms with E-state index in [0.717, 1.165) is 11.1 Å². The van der Waals surface area contributed by atoms with Crippen molar-refractivity contribution in [2.75, 3.05) is 11.9 Å². The Kier molecular flexibility index (Phi) is 5.40. The number of benzene rings is 3. The van der Waals surface area contributed by atoms with Crippen LogP contribution >= 0.6 is 11.6 Å². The lowest BCUT2D eigenvalue weighted by Gasteiger charge is -2.09. The number of amides is 1. The first kappa shape index (κ1) is 18.9. The number of ether oxygens (including phenoxy) is 1. The fourth-order valence-corrected chi connectivity index (χ4v) is 3.16. The van der Waals surface area contributed by atoms with E-state index < -0.39 is 0 Å². The van der Waals surface area contributed by atoms with Crippen molar-refractivity contribution in [1.82, 2.24) is 9.97 Å². The van der Waals surface area contributed by atoms with Crippen molar-refractivity contribution in [3.8, 4) is 17.0 Å². The standard InChI is InChI=1S/C23H18ClN3O2/c1-2-29-23-21(24)26-19-13-12-18(14-20(19)27-23)25-22(28)17-10-8-16(9-11-17)15-6-4-3-5-7-15/h3-14H,2H2,1H3,(H,25,28). The van der Waals surface area contributed by atoms with Crippen molar-refractivity contribution in [3.05, 3.63) is 83.5 Å². The van der Waals surface area contributed by atoms with Crippen molar-refractivity contribution < 1.29 is 9.53 Å². The molecule has 4 rings (SSSR count). The first-order valence-corrected chi connectivity index (χ1v) is 9.59. The lowest BCUT2D eigenvalue weighted by Crippen LogP contribution is -2.11. The summed E-state index contributed by atoms with van der Waals surface area (Å²) in [6.07, 6.45) is 0. The van der Waals surface area contributed by atoms with Crippen molar-refractivity contribution in [1.29, 1.82) is 0 Å². The second-order valence-electron chi connectivity index (χ2n) is 6.35. The number of nitrogens with one attached hydrogen (secondary N) is 1. The molecule has 1 amide bonds. The molecule has 0 saturated heterocycles. The van der Waals surface area contributed by atoms with Crippen molar-refractivity contribution >= 4 is 34.2 Å². The van der Waals surface area contributed by atoms with Crippen molar-refractivity contribution in [2.24, 2.45) is 0 Å². The van der Waals surface area contributed by atoms with Gasteiger partial charge >= 0.3 is 0 Å². The summed E-state index contributed by atoms with van der Waals surface area (Å²) in [5.41, 5.74) is 4.58. The molecule has 0 bridgehead atoms. The van der Waals surface area contributed by atoms with Gasteiger partial charge in [0.15, 0.2) is 5.15 Å². The SMILES string of the molecule is CCOc1nc2cc(NC(=O)c3ccc(-c4ccccc4)cc3)ccc2nc1Cl. The van der Waals surface area contributed by atoms with Crippen LogP contribution in [0.5, 0.6) is 5.88 Å². The minimum atomic E-state index is -0.198. The zero-order valence-corrected chi connectivity index (χ0v) is 16.5. The van der Waals surface area contributed by atoms with E-state index in [1.165, 1.54) is 0 Å². The number of carbonyl (C=O) groups excluding carboxylic acids is 1. The minimum absolute atomic E-state index is 0.198. The highest BCUT2D eigenvalue weighted by Gasteiger charge is 2.11. The predicted molar refractivity (Wildman–Crippen MR) is 116 cm³/mol. The maximum absolute atomic E-state index is 12.6. The Morgan fingerprint density at radius 3 is 2.38 bits per heavy atom. The van der Waals surface area contributed by atoms with E-state index in [0.29, 0.717) is 28.9 Å². The molecule has 1 aromatic heterocycles. The summed E-state index contributed by atoms with van der Waals surface area (Å²) in [5.74, 6) is 0.0811. The number of fused-ring (bicyclic) bond motifs is 1. The maximum atomic E-state index is 12.6. The van der Waals surface area contributed by atoms with E-state index in [1.54, 1.807) is 18.2 Å². The third kappa shape index (κ3) is 4.20. The number of hydrogen-bond acceptors (Lipinski definition) is 4. The third-order valence-corrected chi connectivity index (χ3v) is 4.63. The van der Waals surface area contributed by atoms with Gasteiger partial charge in [-0.15, -0.1) is 0 Å². The van der Waals surface area contributed by atoms with Crippen LogP contribution in [0.1, 0.15) is 17.3 Å². The Hall–Kier alpha value is -3.44. The van der Waals surface area contributed by atoms with Gasteiger partial charge in [-0.3, -0.25) is 4.79 Å².